The molecule has 4 heteroatoms. The molecule has 5 N–H and O–H groups in total. The number of aliphatic hydroxyl groups excluding tert-OH is 2. The summed E-state index contributed by atoms with van der Waals surface area (Å²) in [6.45, 7) is 0.193. The Morgan fingerprint density at radius 2 is 2.11 bits per heavy atom. The van der Waals surface area contributed by atoms with E-state index in [2.05, 4.69) is 5.32 Å². The quantitative estimate of drug-likeness (QED) is 0.343. The van der Waals surface area contributed by atoms with Crippen molar-refractivity contribution >= 4 is 0 Å². The summed E-state index contributed by atoms with van der Waals surface area (Å²) >= 11 is 0. The lowest BCUT2D eigenvalue weighted by Gasteiger charge is -2.12. The van der Waals surface area contributed by atoms with Crippen LogP contribution >= 0.6 is 0 Å². The first-order chi connectivity index (χ1) is 4.20. The summed E-state index contributed by atoms with van der Waals surface area (Å²) in [5, 5.41) is 20.2. The predicted octanol–water partition coefficient (Wildman–Crippen LogP) is -1.77. The third-order valence-corrected chi connectivity index (χ3v) is 1.10. The van der Waals surface area contributed by atoms with Crippen LogP contribution in [0.2, 0.25) is 0 Å². The Kier molecular flexibility index (Phi) is 4.61. The molecule has 0 fully saturated rings. The number of nitrogens with one attached hydrogen (secondary N) is 1. The Balaban J connectivity index is 3.22. The Morgan fingerprint density at radius 3 is 2.44 bits per heavy atom. The number of hydrogen-bond donors (Lipinski definition) is 4. The standard InChI is InChI=1S/C5H14N2O2/c1-7-5(9)2-4(8)3-6/h4-5,7-9H,2-3,6H2,1H3. The molecule has 0 aliphatic rings. The second kappa shape index (κ2) is 4.69. The Morgan fingerprint density at radius 1 is 1.56 bits per heavy atom. The minimum absolute atomic E-state index is 0.193. The molecule has 9 heavy (non-hydrogen) atoms. The fourth-order valence-corrected chi connectivity index (χ4v) is 0.472. The van der Waals surface area contributed by atoms with Gasteiger partial charge in [0.2, 0.25) is 0 Å². The van der Waals surface area contributed by atoms with Crippen LogP contribution in [0.4, 0.5) is 0 Å². The average molecular weight is 134 g/mol. The van der Waals surface area contributed by atoms with Crippen LogP contribution in [0.1, 0.15) is 6.42 Å². The number of aliphatic hydroxyl groups is 2. The molecule has 0 saturated carbocycles. The summed E-state index contributed by atoms with van der Waals surface area (Å²) in [5.74, 6) is 0. The van der Waals surface area contributed by atoms with Crippen LogP contribution < -0.4 is 11.1 Å². The molecule has 0 aromatic heterocycles. The van der Waals surface area contributed by atoms with E-state index >= 15 is 0 Å². The lowest BCUT2D eigenvalue weighted by molar-refractivity contribution is 0.0695. The van der Waals surface area contributed by atoms with Gasteiger partial charge in [0.1, 0.15) is 6.23 Å². The van der Waals surface area contributed by atoms with E-state index in [0.717, 1.165) is 0 Å². The molecule has 0 amide bonds. The van der Waals surface area contributed by atoms with Gasteiger partial charge >= 0.3 is 0 Å². The molecular weight excluding hydrogens is 120 g/mol. The van der Waals surface area contributed by atoms with Gasteiger partial charge < -0.3 is 15.9 Å². The van der Waals surface area contributed by atoms with E-state index < -0.39 is 12.3 Å². The van der Waals surface area contributed by atoms with E-state index in [0.29, 0.717) is 0 Å². The van der Waals surface area contributed by atoms with Crippen LogP contribution in [0.3, 0.4) is 0 Å². The molecule has 2 unspecified atom stereocenters. The zero-order valence-corrected chi connectivity index (χ0v) is 5.54. The lowest BCUT2D eigenvalue weighted by atomic mass is 10.2. The van der Waals surface area contributed by atoms with Gasteiger partial charge in [0.25, 0.3) is 0 Å². The molecule has 0 radical (unpaired) electrons. The second-order valence-corrected chi connectivity index (χ2v) is 1.93. The predicted molar refractivity (Wildman–Crippen MR) is 34.7 cm³/mol. The van der Waals surface area contributed by atoms with Crippen molar-refractivity contribution in [3.05, 3.63) is 0 Å². The summed E-state index contributed by atoms with van der Waals surface area (Å²) in [7, 11) is 1.62. The first kappa shape index (κ1) is 8.84. The number of hydrogen-bond acceptors (Lipinski definition) is 4. The largest absolute Gasteiger partial charge is 0.392 e. The molecule has 0 aromatic carbocycles. The summed E-state index contributed by atoms with van der Waals surface area (Å²) in [4.78, 5) is 0. The lowest BCUT2D eigenvalue weighted by Crippen LogP contribution is -2.32. The molecule has 0 bridgehead atoms. The fraction of sp³-hybridized carbons (Fsp3) is 1.00. The number of nitrogens with two attached hydrogens (primary N) is 1. The maximum absolute atomic E-state index is 8.83. The number of rotatable bonds is 4. The van der Waals surface area contributed by atoms with Gasteiger partial charge in [-0.25, -0.2) is 0 Å². The van der Waals surface area contributed by atoms with Gasteiger partial charge in [0.05, 0.1) is 6.10 Å². The second-order valence-electron chi connectivity index (χ2n) is 1.93. The van der Waals surface area contributed by atoms with Gasteiger partial charge in [-0.05, 0) is 7.05 Å². The topological polar surface area (TPSA) is 78.5 Å². The van der Waals surface area contributed by atoms with E-state index in [1.807, 2.05) is 0 Å². The maximum Gasteiger partial charge on any atom is 0.107 e. The van der Waals surface area contributed by atoms with Crippen molar-refractivity contribution in [3.63, 3.8) is 0 Å². The van der Waals surface area contributed by atoms with E-state index in [1.165, 1.54) is 0 Å². The van der Waals surface area contributed by atoms with E-state index in [9.17, 15) is 0 Å². The van der Waals surface area contributed by atoms with Crippen LogP contribution in [0.15, 0.2) is 0 Å². The van der Waals surface area contributed by atoms with Crippen molar-refractivity contribution in [2.75, 3.05) is 13.6 Å². The van der Waals surface area contributed by atoms with Crippen molar-refractivity contribution in [2.24, 2.45) is 5.73 Å². The minimum Gasteiger partial charge on any atom is -0.392 e. The maximum atomic E-state index is 8.83. The summed E-state index contributed by atoms with van der Waals surface area (Å²) < 4.78 is 0. The van der Waals surface area contributed by atoms with Crippen molar-refractivity contribution in [3.8, 4) is 0 Å². The van der Waals surface area contributed by atoms with Gasteiger partial charge in [-0.1, -0.05) is 0 Å². The van der Waals surface area contributed by atoms with Crippen molar-refractivity contribution in [2.45, 2.75) is 18.8 Å². The highest BCUT2D eigenvalue weighted by molar-refractivity contribution is 4.59. The van der Waals surface area contributed by atoms with Gasteiger partial charge in [-0.2, -0.15) is 0 Å². The Hall–Kier alpha value is -0.160. The van der Waals surface area contributed by atoms with E-state index in [-0.39, 0.29) is 13.0 Å². The molecule has 4 nitrogen and oxygen atoms in total. The SMILES string of the molecule is CNC(O)CC(O)CN. The average Bonchev–Trinajstić information content (AvgIpc) is 1.87. The first-order valence-electron chi connectivity index (χ1n) is 2.94. The molecule has 0 aliphatic carbocycles. The van der Waals surface area contributed by atoms with E-state index in [1.54, 1.807) is 7.05 Å². The smallest absolute Gasteiger partial charge is 0.107 e. The normalized spacial score (nSPS) is 17.3. The van der Waals surface area contributed by atoms with Crippen molar-refractivity contribution in [1.82, 2.24) is 5.32 Å². The molecule has 56 valence electrons. The monoisotopic (exact) mass is 134 g/mol. The highest BCUT2D eigenvalue weighted by Crippen LogP contribution is 1.91. The van der Waals surface area contributed by atoms with Crippen LogP contribution in [-0.4, -0.2) is 36.1 Å². The third-order valence-electron chi connectivity index (χ3n) is 1.10. The molecular formula is C5H14N2O2. The minimum atomic E-state index is -0.649. The van der Waals surface area contributed by atoms with Crippen molar-refractivity contribution < 1.29 is 10.2 Å². The van der Waals surface area contributed by atoms with Crippen LogP contribution in [0.25, 0.3) is 0 Å². The van der Waals surface area contributed by atoms with Gasteiger partial charge in [0.15, 0.2) is 0 Å². The Labute approximate surface area is 54.7 Å². The van der Waals surface area contributed by atoms with Gasteiger partial charge in [0, 0.05) is 13.0 Å². The van der Waals surface area contributed by atoms with Gasteiger partial charge in [-0.15, -0.1) is 0 Å². The Bertz CT molecular complexity index is 62.0. The summed E-state index contributed by atoms with van der Waals surface area (Å²) in [6.07, 6.45) is -0.969. The molecule has 0 spiro atoms. The van der Waals surface area contributed by atoms with E-state index in [4.69, 9.17) is 15.9 Å². The highest BCUT2D eigenvalue weighted by Gasteiger charge is 2.06. The fourth-order valence-electron chi connectivity index (χ4n) is 0.472. The summed E-state index contributed by atoms with van der Waals surface area (Å²) in [6, 6.07) is 0. The van der Waals surface area contributed by atoms with Crippen molar-refractivity contribution in [1.29, 1.82) is 0 Å². The molecule has 0 aromatic rings. The first-order valence-corrected chi connectivity index (χ1v) is 2.94. The van der Waals surface area contributed by atoms with Crippen LogP contribution in [0, 0.1) is 0 Å². The zero-order valence-electron chi connectivity index (χ0n) is 5.54. The van der Waals surface area contributed by atoms with Crippen LogP contribution in [-0.2, 0) is 0 Å². The summed E-state index contributed by atoms with van der Waals surface area (Å²) in [5.41, 5.74) is 5.09. The molecule has 0 aliphatic heterocycles. The van der Waals surface area contributed by atoms with Crippen LogP contribution in [0.5, 0.6) is 0 Å². The molecule has 0 rings (SSSR count). The third kappa shape index (κ3) is 4.35. The molecule has 2 atom stereocenters. The molecule has 0 heterocycles. The highest BCUT2D eigenvalue weighted by atomic mass is 16.3. The molecule has 0 saturated heterocycles. The zero-order chi connectivity index (χ0) is 7.28. The van der Waals surface area contributed by atoms with Gasteiger partial charge in [-0.3, -0.25) is 5.32 Å².